The molecule has 15 atom stereocenters. The summed E-state index contributed by atoms with van der Waals surface area (Å²) in [5.74, 6) is -23.9. The molecule has 2 heterocycles. The summed E-state index contributed by atoms with van der Waals surface area (Å²) in [7, 11) is 0. The molecule has 0 bridgehead atoms. The predicted molar refractivity (Wildman–Crippen MR) is 210 cm³/mol. The molecule has 4 aliphatic rings. The third kappa shape index (κ3) is 8.35. The maximum absolute atomic E-state index is 14.5. The van der Waals surface area contributed by atoms with Gasteiger partial charge in [0.1, 0.15) is 90.3 Å². The number of aliphatic hydroxyl groups is 10. The molecular weight excluding hydrogens is 868 g/mol. The minimum atomic E-state index is -3.98. The van der Waals surface area contributed by atoms with Crippen molar-refractivity contribution in [1.82, 2.24) is 0 Å². The molecule has 2 saturated heterocycles. The van der Waals surface area contributed by atoms with E-state index in [0.29, 0.717) is 12.2 Å². The number of rotatable bonds is 11. The van der Waals surface area contributed by atoms with Gasteiger partial charge < -0.3 is 70.8 Å². The minimum absolute atomic E-state index is 0.0755. The molecule has 4 fully saturated rings. The number of allylic oxidation sites excluding steroid dienone is 3. The third-order valence-electron chi connectivity index (χ3n) is 11.8. The molecule has 22 nitrogen and oxygen atoms in total. The van der Waals surface area contributed by atoms with Crippen LogP contribution in [0.25, 0.3) is 12.2 Å². The van der Waals surface area contributed by atoms with E-state index in [2.05, 4.69) is 0 Å². The molecule has 2 aromatic rings. The second-order valence-corrected chi connectivity index (χ2v) is 15.8. The highest BCUT2D eigenvalue weighted by Gasteiger charge is 2.69. The van der Waals surface area contributed by atoms with E-state index in [-0.39, 0.29) is 28.7 Å². The van der Waals surface area contributed by atoms with E-state index in [1.807, 2.05) is 0 Å². The van der Waals surface area contributed by atoms with Gasteiger partial charge in [0.2, 0.25) is 17.0 Å². The van der Waals surface area contributed by atoms with E-state index in [1.54, 1.807) is 0 Å². The van der Waals surface area contributed by atoms with Crippen LogP contribution in [0.4, 0.5) is 0 Å². The molecular formula is C43H42O22. The van der Waals surface area contributed by atoms with Crippen molar-refractivity contribution < 1.29 is 109 Å². The first kappa shape index (κ1) is 48.6. The SMILES string of the molecule is O=C(/C=C/c1ccc(O)cc1)C1C(=O)/C(=C\C2C(=O)C(C(=O)/C=C/c3ccc(O)cc3)C(=O)[C@](O)(C3O[C@H](CO)[C@@H](O)[C@H](O)[C@H]3O)C2=O)C(=O)[C@](O)(C2O[C@H](CO)[C@@H](O)[C@H](O)[C@H]2O)C1=O. The third-order valence-corrected chi connectivity index (χ3v) is 11.8. The van der Waals surface area contributed by atoms with Crippen LogP contribution in [0.5, 0.6) is 11.5 Å². The van der Waals surface area contributed by atoms with Crippen LogP contribution in [-0.4, -0.2) is 193 Å². The maximum Gasteiger partial charge on any atom is 0.216 e. The van der Waals surface area contributed by atoms with Crippen LogP contribution in [0, 0.1) is 17.8 Å². The highest BCUT2D eigenvalue weighted by Crippen LogP contribution is 2.42. The molecule has 2 saturated carbocycles. The molecule has 2 aliphatic heterocycles. The van der Waals surface area contributed by atoms with Crippen molar-refractivity contribution in [3.8, 4) is 11.5 Å². The summed E-state index contributed by atoms with van der Waals surface area (Å²) in [4.78, 5) is 114. The van der Waals surface area contributed by atoms with Crippen molar-refractivity contribution in [3.05, 3.63) is 83.5 Å². The molecule has 12 N–H and O–H groups in total. The molecule has 22 heteroatoms. The fraction of sp³-hybridized carbons (Fsp3) is 0.395. The molecule has 0 radical (unpaired) electrons. The summed E-state index contributed by atoms with van der Waals surface area (Å²) in [6, 6.07) is 9.87. The number of Topliss-reactive ketones (excluding diaryl/α,β-unsaturated/α-hetero) is 6. The number of aromatic hydroxyl groups is 2. The zero-order chi connectivity index (χ0) is 48.0. The fourth-order valence-electron chi connectivity index (χ4n) is 8.11. The Kier molecular flexibility index (Phi) is 13.9. The number of phenolic OH excluding ortho intramolecular Hbond substituents is 2. The van der Waals surface area contributed by atoms with E-state index in [1.165, 1.54) is 48.5 Å². The largest absolute Gasteiger partial charge is 0.508 e. The van der Waals surface area contributed by atoms with Gasteiger partial charge in [-0.05, 0) is 47.5 Å². The van der Waals surface area contributed by atoms with Crippen molar-refractivity contribution in [2.45, 2.75) is 72.2 Å². The Labute approximate surface area is 365 Å². The summed E-state index contributed by atoms with van der Waals surface area (Å²) >= 11 is 0. The van der Waals surface area contributed by atoms with Gasteiger partial charge in [0.05, 0.1) is 18.8 Å². The van der Waals surface area contributed by atoms with E-state index in [4.69, 9.17) is 9.47 Å². The zero-order valence-corrected chi connectivity index (χ0v) is 33.4. The van der Waals surface area contributed by atoms with E-state index >= 15 is 0 Å². The molecule has 2 aliphatic carbocycles. The molecule has 6 rings (SSSR count). The average Bonchev–Trinajstić information content (AvgIpc) is 3.28. The number of hydrogen-bond donors (Lipinski definition) is 12. The van der Waals surface area contributed by atoms with Gasteiger partial charge in [0.15, 0.2) is 40.5 Å². The second kappa shape index (κ2) is 18.6. The number of ketones is 8. The average molecular weight is 911 g/mol. The van der Waals surface area contributed by atoms with Crippen LogP contribution < -0.4 is 0 Å². The predicted octanol–water partition coefficient (Wildman–Crippen LogP) is -5.67. The number of aliphatic hydroxyl groups excluding tert-OH is 8. The first-order valence-corrected chi connectivity index (χ1v) is 19.6. The fourth-order valence-corrected chi connectivity index (χ4v) is 8.11. The van der Waals surface area contributed by atoms with Crippen LogP contribution in [0.2, 0.25) is 0 Å². The first-order valence-electron chi connectivity index (χ1n) is 19.6. The Hall–Kier alpha value is -5.86. The molecule has 0 amide bonds. The molecule has 346 valence electrons. The standard InChI is InChI=1S/C43H42O22/c44-14-24-30(52)32(54)34(56)40(64-24)42(62)36(58)20(28(50)26(38(42)60)22(48)11-5-16-1-7-18(46)8-2-16)13-21-29(51)27(23(49)12-6-17-3-9-19(47)10-4-17)39(61)43(63,37(21)59)41-35(57)33(55)31(53)25(15-45)65-41/h1-13,20,24-27,30-35,40-41,44-47,52-57,62-63H,14-15H2/b11-5+,12-6+,21-13+/t20?,24-,25-,26?,27?,30-,31-,32+,33+,34-,35-,40?,41?,42+,43-/m1/s1. The van der Waals surface area contributed by atoms with Gasteiger partial charge in [-0.25, -0.2) is 0 Å². The maximum atomic E-state index is 14.5. The Bertz CT molecular complexity index is 2370. The lowest BCUT2D eigenvalue weighted by Crippen LogP contribution is -2.74. The Morgan fingerprint density at radius 2 is 0.954 bits per heavy atom. The summed E-state index contributed by atoms with van der Waals surface area (Å²) in [5.41, 5.74) is -9.19. The summed E-state index contributed by atoms with van der Waals surface area (Å²) in [6.45, 7) is -2.38. The highest BCUT2D eigenvalue weighted by atomic mass is 16.6. The van der Waals surface area contributed by atoms with Crippen LogP contribution in [0.15, 0.2) is 72.3 Å². The van der Waals surface area contributed by atoms with Gasteiger partial charge in [0, 0.05) is 0 Å². The monoisotopic (exact) mass is 910 g/mol. The Morgan fingerprint density at radius 3 is 1.38 bits per heavy atom. The number of carbonyl (C=O) groups excluding carboxylic acids is 8. The van der Waals surface area contributed by atoms with Gasteiger partial charge in [-0.2, -0.15) is 0 Å². The molecule has 2 aromatic carbocycles. The van der Waals surface area contributed by atoms with Gasteiger partial charge in [0.25, 0.3) is 0 Å². The van der Waals surface area contributed by atoms with Crippen molar-refractivity contribution >= 4 is 58.4 Å². The van der Waals surface area contributed by atoms with Gasteiger partial charge in [-0.3, -0.25) is 38.4 Å². The van der Waals surface area contributed by atoms with E-state index < -0.39 is 155 Å². The lowest BCUT2D eigenvalue weighted by atomic mass is 9.62. The van der Waals surface area contributed by atoms with Gasteiger partial charge in [-0.15, -0.1) is 0 Å². The topological polar surface area (TPSA) is 398 Å². The van der Waals surface area contributed by atoms with Crippen LogP contribution in [0.1, 0.15) is 11.1 Å². The van der Waals surface area contributed by atoms with E-state index in [0.717, 1.165) is 12.2 Å². The number of hydrogen-bond acceptors (Lipinski definition) is 22. The smallest absolute Gasteiger partial charge is 0.216 e. The number of ether oxygens (including phenoxy) is 2. The van der Waals surface area contributed by atoms with Crippen LogP contribution in [0.3, 0.4) is 0 Å². The van der Waals surface area contributed by atoms with Crippen LogP contribution in [-0.2, 0) is 47.8 Å². The van der Waals surface area contributed by atoms with Gasteiger partial charge in [-0.1, -0.05) is 42.5 Å². The molecule has 65 heavy (non-hydrogen) atoms. The van der Waals surface area contributed by atoms with Crippen LogP contribution >= 0.6 is 0 Å². The van der Waals surface area contributed by atoms with Crippen molar-refractivity contribution in [2.24, 2.45) is 17.8 Å². The van der Waals surface area contributed by atoms with Crippen molar-refractivity contribution in [2.75, 3.05) is 13.2 Å². The molecule has 0 aromatic heterocycles. The molecule has 5 unspecified atom stereocenters. The van der Waals surface area contributed by atoms with Crippen molar-refractivity contribution in [3.63, 3.8) is 0 Å². The summed E-state index contributed by atoms with van der Waals surface area (Å²) in [5, 5.41) is 127. The molecule has 0 spiro atoms. The lowest BCUT2D eigenvalue weighted by molar-refractivity contribution is -0.263. The summed E-state index contributed by atoms with van der Waals surface area (Å²) < 4.78 is 10.6. The second-order valence-electron chi connectivity index (χ2n) is 15.8. The quantitative estimate of drug-likeness (QED) is 0.0568. The number of carbonyl (C=O) groups is 8. The van der Waals surface area contributed by atoms with Gasteiger partial charge >= 0.3 is 0 Å². The summed E-state index contributed by atoms with van der Waals surface area (Å²) in [6.07, 6.45) is -20.3. The number of benzene rings is 2. The Morgan fingerprint density at radius 1 is 0.554 bits per heavy atom. The zero-order valence-electron chi connectivity index (χ0n) is 33.4. The Balaban J connectivity index is 1.53. The normalized spacial score (nSPS) is 37.7. The first-order chi connectivity index (χ1) is 30.5. The lowest BCUT2D eigenvalue weighted by Gasteiger charge is -2.48. The minimum Gasteiger partial charge on any atom is -0.508 e. The van der Waals surface area contributed by atoms with Crippen molar-refractivity contribution in [1.29, 1.82) is 0 Å². The number of phenols is 2. The highest BCUT2D eigenvalue weighted by molar-refractivity contribution is 6.45. The van der Waals surface area contributed by atoms with E-state index in [9.17, 15) is 99.6 Å².